The largest absolute Gasteiger partial charge is 0.481 e. The van der Waals surface area contributed by atoms with Gasteiger partial charge >= 0.3 is 5.97 Å². The van der Waals surface area contributed by atoms with Crippen molar-refractivity contribution in [2.45, 2.75) is 24.4 Å². The molecule has 0 aliphatic carbocycles. The summed E-state index contributed by atoms with van der Waals surface area (Å²) in [4.78, 5) is 20.3. The number of carboxylic acids is 1. The van der Waals surface area contributed by atoms with Crippen LogP contribution in [0.4, 0.5) is 0 Å². The van der Waals surface area contributed by atoms with E-state index in [2.05, 4.69) is 9.97 Å². The molecule has 1 N–H and O–H groups in total. The SMILES string of the molecule is O=C(O)Cc1cccc(CN(Cc2cc3ccccc3s2)S(=O)(=O)c2cccnc2)n1. The van der Waals surface area contributed by atoms with Gasteiger partial charge in [-0.25, -0.2) is 8.42 Å². The third kappa shape index (κ3) is 4.96. The summed E-state index contributed by atoms with van der Waals surface area (Å²) in [6.07, 6.45) is 2.62. The molecule has 0 aliphatic rings. The molecule has 4 aromatic rings. The number of nitrogens with zero attached hydrogens (tertiary/aromatic N) is 3. The van der Waals surface area contributed by atoms with E-state index >= 15 is 0 Å². The molecule has 4 rings (SSSR count). The predicted molar refractivity (Wildman–Crippen MR) is 118 cm³/mol. The van der Waals surface area contributed by atoms with Crippen molar-refractivity contribution < 1.29 is 18.3 Å². The van der Waals surface area contributed by atoms with Gasteiger partial charge in [-0.2, -0.15) is 4.31 Å². The first-order valence-electron chi connectivity index (χ1n) is 9.46. The lowest BCUT2D eigenvalue weighted by molar-refractivity contribution is -0.136. The smallest absolute Gasteiger partial charge is 0.309 e. The summed E-state index contributed by atoms with van der Waals surface area (Å²) in [5.41, 5.74) is 0.859. The lowest BCUT2D eigenvalue weighted by Gasteiger charge is -2.21. The van der Waals surface area contributed by atoms with Gasteiger partial charge in [0, 0.05) is 28.5 Å². The molecule has 7 nitrogen and oxygen atoms in total. The van der Waals surface area contributed by atoms with Gasteiger partial charge in [-0.1, -0.05) is 24.3 Å². The van der Waals surface area contributed by atoms with E-state index in [1.54, 1.807) is 24.3 Å². The van der Waals surface area contributed by atoms with Gasteiger partial charge in [-0.15, -0.1) is 11.3 Å². The number of benzene rings is 1. The maximum absolute atomic E-state index is 13.4. The fraction of sp³-hybridized carbons (Fsp3) is 0.136. The van der Waals surface area contributed by atoms with Gasteiger partial charge in [0.05, 0.1) is 24.4 Å². The van der Waals surface area contributed by atoms with Crippen molar-refractivity contribution in [1.82, 2.24) is 14.3 Å². The van der Waals surface area contributed by atoms with Gasteiger partial charge in [-0.3, -0.25) is 14.8 Å². The Morgan fingerprint density at radius 3 is 2.55 bits per heavy atom. The number of aliphatic carboxylic acids is 1. The summed E-state index contributed by atoms with van der Waals surface area (Å²) in [5, 5.41) is 10.1. The first kappa shape index (κ1) is 21.1. The number of fused-ring (bicyclic) bond motifs is 1. The molecular formula is C22H19N3O4S2. The highest BCUT2D eigenvalue weighted by atomic mass is 32.2. The number of pyridine rings is 2. The Labute approximate surface area is 183 Å². The molecule has 3 aromatic heterocycles. The van der Waals surface area contributed by atoms with E-state index in [1.165, 1.54) is 34.1 Å². The fourth-order valence-corrected chi connectivity index (χ4v) is 5.73. The minimum absolute atomic E-state index is 0.0128. The molecule has 1 aromatic carbocycles. The Kier molecular flexibility index (Phi) is 6.08. The molecule has 0 bridgehead atoms. The zero-order valence-electron chi connectivity index (χ0n) is 16.4. The van der Waals surface area contributed by atoms with Crippen LogP contribution in [0.25, 0.3) is 10.1 Å². The van der Waals surface area contributed by atoms with Crippen LogP contribution >= 0.6 is 11.3 Å². The second-order valence-electron chi connectivity index (χ2n) is 6.90. The molecule has 0 fully saturated rings. The van der Waals surface area contributed by atoms with E-state index in [4.69, 9.17) is 5.11 Å². The van der Waals surface area contributed by atoms with E-state index in [0.717, 1.165) is 15.0 Å². The number of hydrogen-bond acceptors (Lipinski definition) is 6. The summed E-state index contributed by atoms with van der Waals surface area (Å²) >= 11 is 1.54. The van der Waals surface area contributed by atoms with Crippen LogP contribution in [0, 0.1) is 0 Å². The average Bonchev–Trinajstić information content (AvgIpc) is 3.16. The van der Waals surface area contributed by atoms with Crippen LogP contribution in [0.1, 0.15) is 16.3 Å². The van der Waals surface area contributed by atoms with E-state index < -0.39 is 16.0 Å². The zero-order valence-corrected chi connectivity index (χ0v) is 18.0. The number of hydrogen-bond donors (Lipinski definition) is 1. The molecule has 0 amide bonds. The quantitative estimate of drug-likeness (QED) is 0.437. The Bertz CT molecular complexity index is 1290. The van der Waals surface area contributed by atoms with Crippen molar-refractivity contribution in [2.24, 2.45) is 0 Å². The van der Waals surface area contributed by atoms with Crippen molar-refractivity contribution in [3.05, 3.63) is 89.3 Å². The van der Waals surface area contributed by atoms with Gasteiger partial charge < -0.3 is 5.11 Å². The van der Waals surface area contributed by atoms with Gasteiger partial charge in [0.15, 0.2) is 0 Å². The van der Waals surface area contributed by atoms with E-state index in [1.807, 2.05) is 30.3 Å². The van der Waals surface area contributed by atoms with Crippen LogP contribution in [-0.4, -0.2) is 33.8 Å². The lowest BCUT2D eigenvalue weighted by atomic mass is 10.2. The number of carboxylic acid groups (broad SMARTS) is 1. The normalized spacial score (nSPS) is 11.8. The molecular weight excluding hydrogens is 434 g/mol. The summed E-state index contributed by atoms with van der Waals surface area (Å²) < 4.78 is 29.2. The van der Waals surface area contributed by atoms with Crippen LogP contribution < -0.4 is 0 Å². The maximum Gasteiger partial charge on any atom is 0.309 e. The maximum atomic E-state index is 13.4. The lowest BCUT2D eigenvalue weighted by Crippen LogP contribution is -2.30. The van der Waals surface area contributed by atoms with Gasteiger partial charge in [0.1, 0.15) is 4.90 Å². The van der Waals surface area contributed by atoms with Crippen molar-refractivity contribution >= 4 is 37.4 Å². The molecule has 0 aliphatic heterocycles. The first-order valence-corrected chi connectivity index (χ1v) is 11.7. The number of sulfonamides is 1. The van der Waals surface area contributed by atoms with Crippen molar-refractivity contribution in [1.29, 1.82) is 0 Å². The van der Waals surface area contributed by atoms with Crippen LogP contribution in [0.5, 0.6) is 0 Å². The van der Waals surface area contributed by atoms with Gasteiger partial charge in [0.2, 0.25) is 10.0 Å². The molecule has 0 atom stereocenters. The second kappa shape index (κ2) is 8.93. The third-order valence-corrected chi connectivity index (χ3v) is 7.49. The third-order valence-electron chi connectivity index (χ3n) is 4.62. The molecule has 9 heteroatoms. The Morgan fingerprint density at radius 2 is 1.81 bits per heavy atom. The topological polar surface area (TPSA) is 100 Å². The number of carbonyl (C=O) groups is 1. The average molecular weight is 454 g/mol. The van der Waals surface area contributed by atoms with Crippen LogP contribution in [0.3, 0.4) is 0 Å². The molecule has 3 heterocycles. The van der Waals surface area contributed by atoms with Crippen molar-refractivity contribution in [3.63, 3.8) is 0 Å². The van der Waals surface area contributed by atoms with Crippen molar-refractivity contribution in [3.8, 4) is 0 Å². The molecule has 0 unspecified atom stereocenters. The Balaban J connectivity index is 1.69. The molecule has 0 saturated heterocycles. The van der Waals surface area contributed by atoms with Crippen molar-refractivity contribution in [2.75, 3.05) is 0 Å². The number of thiophene rings is 1. The van der Waals surface area contributed by atoms with E-state index in [0.29, 0.717) is 11.4 Å². The molecule has 158 valence electrons. The van der Waals surface area contributed by atoms with Crippen LogP contribution in [-0.2, 0) is 34.3 Å². The molecule has 31 heavy (non-hydrogen) atoms. The highest BCUT2D eigenvalue weighted by molar-refractivity contribution is 7.89. The summed E-state index contributed by atoms with van der Waals surface area (Å²) in [6, 6.07) is 18.0. The monoisotopic (exact) mass is 453 g/mol. The summed E-state index contributed by atoms with van der Waals surface area (Å²) in [7, 11) is -3.85. The molecule has 0 radical (unpaired) electrons. The minimum Gasteiger partial charge on any atom is -0.481 e. The van der Waals surface area contributed by atoms with Crippen LogP contribution in [0.15, 0.2) is 78.0 Å². The highest BCUT2D eigenvalue weighted by Gasteiger charge is 2.26. The Morgan fingerprint density at radius 1 is 1.00 bits per heavy atom. The van der Waals surface area contributed by atoms with Crippen LogP contribution in [0.2, 0.25) is 0 Å². The number of aromatic nitrogens is 2. The second-order valence-corrected chi connectivity index (χ2v) is 10.0. The standard InChI is InChI=1S/C22H19N3O4S2/c26-22(27)12-17-6-3-7-18(24-17)14-25(31(28,29)20-8-4-10-23-13-20)15-19-11-16-5-1-2-9-21(16)30-19/h1-11,13H,12,14-15H2,(H,26,27). The number of rotatable bonds is 8. The summed E-state index contributed by atoms with van der Waals surface area (Å²) in [6.45, 7) is 0.181. The fourth-order valence-electron chi connectivity index (χ4n) is 3.21. The summed E-state index contributed by atoms with van der Waals surface area (Å²) in [5.74, 6) is -0.991. The highest BCUT2D eigenvalue weighted by Crippen LogP contribution is 2.28. The predicted octanol–water partition coefficient (Wildman–Crippen LogP) is 3.71. The molecule has 0 saturated carbocycles. The first-order chi connectivity index (χ1) is 14.9. The zero-order chi connectivity index (χ0) is 21.8. The van der Waals surface area contributed by atoms with E-state index in [-0.39, 0.29) is 24.4 Å². The van der Waals surface area contributed by atoms with E-state index in [9.17, 15) is 13.2 Å². The Hall–Kier alpha value is -3.14. The molecule has 0 spiro atoms. The minimum atomic E-state index is -3.85. The van der Waals surface area contributed by atoms with Gasteiger partial charge in [0.25, 0.3) is 0 Å². The van der Waals surface area contributed by atoms with Gasteiger partial charge in [-0.05, 0) is 41.8 Å².